The van der Waals surface area contributed by atoms with Crippen LogP contribution in [-0.4, -0.2) is 72.7 Å². The van der Waals surface area contributed by atoms with E-state index in [1.54, 1.807) is 52.5 Å². The molecule has 12 nitrogen and oxygen atoms in total. The van der Waals surface area contributed by atoms with Crippen molar-refractivity contribution >= 4 is 46.6 Å². The van der Waals surface area contributed by atoms with E-state index < -0.39 is 11.9 Å². The second-order valence-electron chi connectivity index (χ2n) is 7.49. The summed E-state index contributed by atoms with van der Waals surface area (Å²) in [5, 5.41) is 22.8. The zero-order valence-electron chi connectivity index (χ0n) is 21.8. The average molecular weight is 587 g/mol. The van der Waals surface area contributed by atoms with Gasteiger partial charge in [0.05, 0.1) is 34.4 Å². The summed E-state index contributed by atoms with van der Waals surface area (Å²) in [6.07, 6.45) is 1.50. The van der Waals surface area contributed by atoms with Gasteiger partial charge in [-0.1, -0.05) is 48.5 Å². The van der Waals surface area contributed by atoms with Crippen LogP contribution in [0.5, 0.6) is 0 Å². The van der Waals surface area contributed by atoms with Crippen molar-refractivity contribution in [3.05, 3.63) is 84.2 Å². The first kappa shape index (κ1) is 39.1. The number of para-hydroxylation sites is 2. The van der Waals surface area contributed by atoms with E-state index in [-0.39, 0.29) is 38.8 Å². The van der Waals surface area contributed by atoms with E-state index in [1.165, 1.54) is 21.9 Å². The Morgan fingerprint density at radius 2 is 0.897 bits per heavy atom. The van der Waals surface area contributed by atoms with Crippen LogP contribution >= 0.6 is 0 Å². The normalized spacial score (nSPS) is 8.51. The van der Waals surface area contributed by atoms with Crippen LogP contribution in [0, 0.1) is 0 Å². The quantitative estimate of drug-likeness (QED) is 0.160. The zero-order valence-corrected chi connectivity index (χ0v) is 22.8. The van der Waals surface area contributed by atoms with E-state index >= 15 is 0 Å². The summed E-state index contributed by atoms with van der Waals surface area (Å²) in [6, 6.07) is 21.0. The number of rotatable bonds is 4. The third-order valence-corrected chi connectivity index (χ3v) is 4.04. The Hall–Kier alpha value is -4.45. The molecule has 0 unspecified atom stereocenters. The molecule has 4 aromatic rings. The fourth-order valence-electron chi connectivity index (χ4n) is 2.36. The number of aromatic carboxylic acids is 2. The molecule has 0 spiro atoms. The summed E-state index contributed by atoms with van der Waals surface area (Å²) < 4.78 is 0. The van der Waals surface area contributed by atoms with Crippen LogP contribution in [-0.2, 0) is 37.0 Å². The van der Waals surface area contributed by atoms with Gasteiger partial charge < -0.3 is 40.6 Å². The first-order valence-electron chi connectivity index (χ1n) is 10.5. The van der Waals surface area contributed by atoms with Crippen molar-refractivity contribution in [2.24, 2.45) is 0 Å². The van der Waals surface area contributed by atoms with Crippen LogP contribution in [0.2, 0.25) is 0 Å². The first-order chi connectivity index (χ1) is 17.1. The fraction of sp³-hybridized carbons (Fsp3) is 0.154. The van der Waals surface area contributed by atoms with Crippen LogP contribution in [0.3, 0.4) is 0 Å². The Morgan fingerprint density at radius 3 is 1.15 bits per heavy atom. The number of amides is 2. The number of pyridine rings is 2. The van der Waals surface area contributed by atoms with E-state index in [0.717, 1.165) is 23.6 Å². The minimum absolute atomic E-state index is 0. The third-order valence-electron chi connectivity index (χ3n) is 4.04. The number of hydrogen-bond acceptors (Lipinski definition) is 8. The number of hydrogen-bond donors (Lipinski definition) is 0. The molecule has 0 bridgehead atoms. The van der Waals surface area contributed by atoms with E-state index in [2.05, 4.69) is 9.97 Å². The van der Waals surface area contributed by atoms with Gasteiger partial charge in [0.25, 0.3) is 0 Å². The molecule has 0 aliphatic carbocycles. The number of nitrogens with zero attached hydrogens (tertiary/aromatic N) is 4. The number of carbonyl (C=O) groups is 4. The van der Waals surface area contributed by atoms with Gasteiger partial charge in [-0.25, -0.2) is 9.97 Å². The molecule has 0 radical (unpaired) electrons. The van der Waals surface area contributed by atoms with Crippen LogP contribution < -0.4 is 10.2 Å². The fourth-order valence-corrected chi connectivity index (χ4v) is 2.36. The van der Waals surface area contributed by atoms with Crippen molar-refractivity contribution in [3.8, 4) is 0 Å². The van der Waals surface area contributed by atoms with Crippen molar-refractivity contribution in [2.75, 3.05) is 28.2 Å². The molecular formula is C26H32N4NiO8+2. The van der Waals surface area contributed by atoms with Crippen molar-refractivity contribution in [2.45, 2.75) is 0 Å². The Balaban J connectivity index is -0.000000472. The maximum Gasteiger partial charge on any atom is 2.00 e. The van der Waals surface area contributed by atoms with Gasteiger partial charge in [-0.05, 0) is 24.3 Å². The molecule has 4 rings (SSSR count). The van der Waals surface area contributed by atoms with E-state index in [4.69, 9.17) is 0 Å². The molecule has 2 amide bonds. The van der Waals surface area contributed by atoms with E-state index in [0.29, 0.717) is 11.0 Å². The van der Waals surface area contributed by atoms with Crippen molar-refractivity contribution in [3.63, 3.8) is 0 Å². The third kappa shape index (κ3) is 14.8. The van der Waals surface area contributed by atoms with Crippen LogP contribution in [0.4, 0.5) is 0 Å². The van der Waals surface area contributed by atoms with Crippen LogP contribution in [0.25, 0.3) is 21.8 Å². The van der Waals surface area contributed by atoms with Crippen LogP contribution in [0.15, 0.2) is 72.8 Å². The van der Waals surface area contributed by atoms with Gasteiger partial charge in [0, 0.05) is 39.0 Å². The number of benzene rings is 2. The minimum Gasteiger partial charge on any atom is -0.543 e. The number of carboxylic acid groups (broad SMARTS) is 2. The Labute approximate surface area is 235 Å². The van der Waals surface area contributed by atoms with Gasteiger partial charge in [0.2, 0.25) is 12.8 Å². The van der Waals surface area contributed by atoms with Crippen molar-refractivity contribution in [1.29, 1.82) is 0 Å². The summed E-state index contributed by atoms with van der Waals surface area (Å²) in [5.41, 5.74) is 1.28. The first-order valence-corrected chi connectivity index (χ1v) is 10.5. The standard InChI is InChI=1S/2C10H7NO2.2C3H7NO.Ni.2H2O/c2*12-10(13)9-6-5-7-3-1-2-4-8(7)11-9;2*1-4(2)3-5;;;/h2*1-6H,(H,12,13);2*3H,1-2H3;;2*1H2/q;;;;+2;;. The van der Waals surface area contributed by atoms with E-state index in [9.17, 15) is 29.4 Å². The molecule has 2 heterocycles. The summed E-state index contributed by atoms with van der Waals surface area (Å²) in [4.78, 5) is 50.5. The largest absolute Gasteiger partial charge is 2.00 e. The molecule has 6 N–H and O–H groups in total. The average Bonchev–Trinajstić information content (AvgIpc) is 2.89. The predicted molar refractivity (Wildman–Crippen MR) is 141 cm³/mol. The molecule has 2 aromatic carbocycles. The minimum atomic E-state index is -1.24. The number of aromatic nitrogens is 2. The molecule has 0 saturated heterocycles. The molecule has 0 fully saturated rings. The second-order valence-corrected chi connectivity index (χ2v) is 7.49. The molecule has 0 aliphatic rings. The van der Waals surface area contributed by atoms with Gasteiger partial charge in [-0.3, -0.25) is 9.59 Å². The molecule has 212 valence electrons. The van der Waals surface area contributed by atoms with Gasteiger partial charge in [0.1, 0.15) is 0 Å². The van der Waals surface area contributed by atoms with Gasteiger partial charge in [-0.2, -0.15) is 0 Å². The Kier molecular flexibility index (Phi) is 20.6. The van der Waals surface area contributed by atoms with E-state index in [1.807, 2.05) is 36.4 Å². The molecule has 2 aromatic heterocycles. The van der Waals surface area contributed by atoms with Gasteiger partial charge in [0.15, 0.2) is 0 Å². The smallest absolute Gasteiger partial charge is 0.543 e. The number of carbonyl (C=O) groups excluding carboxylic acids is 4. The number of carboxylic acids is 2. The van der Waals surface area contributed by atoms with Gasteiger partial charge in [-0.15, -0.1) is 0 Å². The maximum atomic E-state index is 10.5. The van der Waals surface area contributed by atoms with Crippen molar-refractivity contribution in [1.82, 2.24) is 19.8 Å². The molecule has 13 heteroatoms. The zero-order chi connectivity index (χ0) is 27.1. The van der Waals surface area contributed by atoms with Crippen LogP contribution in [0.1, 0.15) is 21.0 Å². The van der Waals surface area contributed by atoms with Gasteiger partial charge >= 0.3 is 16.5 Å². The number of fused-ring (bicyclic) bond motifs is 2. The monoisotopic (exact) mass is 586 g/mol. The summed E-state index contributed by atoms with van der Waals surface area (Å²) in [6.45, 7) is 0. The van der Waals surface area contributed by atoms with Crippen molar-refractivity contribution < 1.29 is 56.8 Å². The SMILES string of the molecule is CN(C)C=O.CN(C)C=O.O=C([O-])c1ccc2ccccc2n1.O=C([O-])c1ccc2ccccc2n1.[Ni+2].[OH3+].[OH3+]. The topological polar surface area (TPSA) is 213 Å². The Bertz CT molecular complexity index is 1220. The maximum absolute atomic E-state index is 10.5. The predicted octanol–water partition coefficient (Wildman–Crippen LogP) is -1.24. The Morgan fingerprint density at radius 1 is 0.615 bits per heavy atom. The summed E-state index contributed by atoms with van der Waals surface area (Å²) in [5.74, 6) is -2.49. The molecular weight excluding hydrogens is 555 g/mol. The second kappa shape index (κ2) is 20.6. The molecule has 0 aliphatic heterocycles. The summed E-state index contributed by atoms with van der Waals surface area (Å²) in [7, 11) is 6.75. The summed E-state index contributed by atoms with van der Waals surface area (Å²) >= 11 is 0. The molecule has 39 heavy (non-hydrogen) atoms. The molecule has 0 atom stereocenters. The molecule has 0 saturated carbocycles.